The van der Waals surface area contributed by atoms with E-state index >= 15 is 0 Å². The molecule has 1 atom stereocenters. The summed E-state index contributed by atoms with van der Waals surface area (Å²) in [6.45, 7) is 8.99. The maximum Gasteiger partial charge on any atom is 0.308 e. The normalized spacial score (nSPS) is 14.8. The Kier molecular flexibility index (Phi) is 7.51. The zero-order valence-electron chi connectivity index (χ0n) is 19.0. The standard InChI is InChI=1S/C25H30N2O5/c1-17(2)22-10-5-6-11-23(22)31-18(3)24(29)26-12-14-27(15-13-26)25(30)20-8-7-9-21(16-20)32-19(4)28/h5-11,16-18H,12-15H2,1-4H3. The highest BCUT2D eigenvalue weighted by Gasteiger charge is 2.29. The van der Waals surface area contributed by atoms with Crippen molar-refractivity contribution in [2.75, 3.05) is 26.2 Å². The predicted octanol–water partition coefficient (Wildman–Crippen LogP) is 3.49. The lowest BCUT2D eigenvalue weighted by Gasteiger charge is -2.36. The molecule has 0 radical (unpaired) electrons. The molecule has 1 aliphatic rings. The number of hydrogen-bond donors (Lipinski definition) is 0. The van der Waals surface area contributed by atoms with Crippen LogP contribution in [0.2, 0.25) is 0 Å². The predicted molar refractivity (Wildman–Crippen MR) is 121 cm³/mol. The summed E-state index contributed by atoms with van der Waals surface area (Å²) < 4.78 is 11.1. The number of carbonyl (C=O) groups excluding carboxylic acids is 3. The van der Waals surface area contributed by atoms with Crippen molar-refractivity contribution in [2.24, 2.45) is 0 Å². The fourth-order valence-corrected chi connectivity index (χ4v) is 3.73. The van der Waals surface area contributed by atoms with Gasteiger partial charge < -0.3 is 19.3 Å². The summed E-state index contributed by atoms with van der Waals surface area (Å²) in [7, 11) is 0. The number of hydrogen-bond acceptors (Lipinski definition) is 5. The molecule has 3 rings (SSSR count). The van der Waals surface area contributed by atoms with Crippen molar-refractivity contribution < 1.29 is 23.9 Å². The third-order valence-corrected chi connectivity index (χ3v) is 5.41. The fourth-order valence-electron chi connectivity index (χ4n) is 3.73. The van der Waals surface area contributed by atoms with Gasteiger partial charge in [0.25, 0.3) is 11.8 Å². The molecule has 170 valence electrons. The van der Waals surface area contributed by atoms with Gasteiger partial charge in [0.15, 0.2) is 6.10 Å². The maximum absolute atomic E-state index is 12.9. The molecule has 7 heteroatoms. The number of benzene rings is 2. The first kappa shape index (κ1) is 23.3. The van der Waals surface area contributed by atoms with Crippen LogP contribution in [0, 0.1) is 0 Å². The van der Waals surface area contributed by atoms with Gasteiger partial charge >= 0.3 is 5.97 Å². The molecular formula is C25H30N2O5. The minimum atomic E-state index is -0.613. The summed E-state index contributed by atoms with van der Waals surface area (Å²) >= 11 is 0. The quantitative estimate of drug-likeness (QED) is 0.510. The van der Waals surface area contributed by atoms with Crippen molar-refractivity contribution in [1.82, 2.24) is 9.80 Å². The minimum absolute atomic E-state index is 0.0903. The molecule has 2 aromatic rings. The second-order valence-corrected chi connectivity index (χ2v) is 8.19. The summed E-state index contributed by atoms with van der Waals surface area (Å²) in [5.74, 6) is 0.680. The Morgan fingerprint density at radius 1 is 0.875 bits per heavy atom. The third kappa shape index (κ3) is 5.66. The van der Waals surface area contributed by atoms with E-state index in [1.807, 2.05) is 24.3 Å². The van der Waals surface area contributed by atoms with Crippen LogP contribution in [0.25, 0.3) is 0 Å². The number of nitrogens with zero attached hydrogens (tertiary/aromatic N) is 2. The number of piperazine rings is 1. The lowest BCUT2D eigenvalue weighted by atomic mass is 10.0. The topological polar surface area (TPSA) is 76.2 Å². The molecule has 0 aromatic heterocycles. The van der Waals surface area contributed by atoms with E-state index in [-0.39, 0.29) is 11.8 Å². The van der Waals surface area contributed by atoms with Crippen LogP contribution < -0.4 is 9.47 Å². The summed E-state index contributed by atoms with van der Waals surface area (Å²) in [6, 6.07) is 14.3. The van der Waals surface area contributed by atoms with E-state index in [1.54, 1.807) is 41.0 Å². The van der Waals surface area contributed by atoms with Crippen LogP contribution in [-0.2, 0) is 9.59 Å². The first-order chi connectivity index (χ1) is 15.3. The average molecular weight is 439 g/mol. The largest absolute Gasteiger partial charge is 0.481 e. The lowest BCUT2D eigenvalue weighted by molar-refractivity contribution is -0.139. The van der Waals surface area contributed by atoms with Crippen molar-refractivity contribution in [3.05, 3.63) is 59.7 Å². The van der Waals surface area contributed by atoms with Gasteiger partial charge in [0.05, 0.1) is 0 Å². The third-order valence-electron chi connectivity index (χ3n) is 5.41. The molecule has 2 aromatic carbocycles. The van der Waals surface area contributed by atoms with E-state index in [0.29, 0.717) is 43.4 Å². The zero-order valence-corrected chi connectivity index (χ0v) is 19.0. The molecule has 1 saturated heterocycles. The van der Waals surface area contributed by atoms with Crippen LogP contribution in [0.3, 0.4) is 0 Å². The molecular weight excluding hydrogens is 408 g/mol. The van der Waals surface area contributed by atoms with E-state index in [0.717, 1.165) is 11.3 Å². The van der Waals surface area contributed by atoms with E-state index < -0.39 is 12.1 Å². The number of ether oxygens (including phenoxy) is 2. The fraction of sp³-hybridized carbons (Fsp3) is 0.400. The molecule has 1 unspecified atom stereocenters. The van der Waals surface area contributed by atoms with Crippen molar-refractivity contribution in [3.8, 4) is 11.5 Å². The number of carbonyl (C=O) groups is 3. The van der Waals surface area contributed by atoms with Crippen molar-refractivity contribution in [2.45, 2.75) is 39.7 Å². The Morgan fingerprint density at radius 2 is 1.53 bits per heavy atom. The van der Waals surface area contributed by atoms with Gasteiger partial charge in [-0.25, -0.2) is 0 Å². The highest BCUT2D eigenvalue weighted by atomic mass is 16.5. The van der Waals surface area contributed by atoms with Crippen LogP contribution in [0.4, 0.5) is 0 Å². The molecule has 0 saturated carbocycles. The monoisotopic (exact) mass is 438 g/mol. The first-order valence-electron chi connectivity index (χ1n) is 10.9. The summed E-state index contributed by atoms with van der Waals surface area (Å²) in [6.07, 6.45) is -0.613. The molecule has 32 heavy (non-hydrogen) atoms. The summed E-state index contributed by atoms with van der Waals surface area (Å²) in [4.78, 5) is 40.4. The highest BCUT2D eigenvalue weighted by Crippen LogP contribution is 2.27. The Hall–Kier alpha value is -3.35. The van der Waals surface area contributed by atoms with Gasteiger partial charge in [-0.15, -0.1) is 0 Å². The van der Waals surface area contributed by atoms with Crippen molar-refractivity contribution in [1.29, 1.82) is 0 Å². The lowest BCUT2D eigenvalue weighted by Crippen LogP contribution is -2.53. The minimum Gasteiger partial charge on any atom is -0.481 e. The van der Waals surface area contributed by atoms with Crippen LogP contribution in [-0.4, -0.2) is 59.9 Å². The first-order valence-corrected chi connectivity index (χ1v) is 10.9. The van der Waals surface area contributed by atoms with Crippen LogP contribution in [0.5, 0.6) is 11.5 Å². The Balaban J connectivity index is 1.58. The van der Waals surface area contributed by atoms with E-state index in [9.17, 15) is 14.4 Å². The molecule has 0 N–H and O–H groups in total. The molecule has 2 amide bonds. The SMILES string of the molecule is CC(=O)Oc1cccc(C(=O)N2CCN(C(=O)C(C)Oc3ccccc3C(C)C)CC2)c1. The summed E-state index contributed by atoms with van der Waals surface area (Å²) in [5, 5.41) is 0. The Morgan fingerprint density at radius 3 is 2.19 bits per heavy atom. The molecule has 7 nitrogen and oxygen atoms in total. The van der Waals surface area contributed by atoms with E-state index in [4.69, 9.17) is 9.47 Å². The number of rotatable bonds is 6. The van der Waals surface area contributed by atoms with Gasteiger partial charge in [-0.2, -0.15) is 0 Å². The molecule has 1 heterocycles. The molecule has 1 fully saturated rings. The number of para-hydroxylation sites is 1. The second kappa shape index (κ2) is 10.3. The summed E-state index contributed by atoms with van der Waals surface area (Å²) in [5.41, 5.74) is 1.52. The van der Waals surface area contributed by atoms with Gasteiger partial charge in [-0.1, -0.05) is 38.1 Å². The molecule has 0 aliphatic carbocycles. The average Bonchev–Trinajstić information content (AvgIpc) is 2.78. The zero-order chi connectivity index (χ0) is 23.3. The van der Waals surface area contributed by atoms with Crippen LogP contribution in [0.15, 0.2) is 48.5 Å². The number of amides is 2. The highest BCUT2D eigenvalue weighted by molar-refractivity contribution is 5.95. The number of esters is 1. The Labute approximate surface area is 188 Å². The van der Waals surface area contributed by atoms with Crippen molar-refractivity contribution in [3.63, 3.8) is 0 Å². The molecule has 0 bridgehead atoms. The van der Waals surface area contributed by atoms with Crippen LogP contribution in [0.1, 0.15) is 49.5 Å². The van der Waals surface area contributed by atoms with Gasteiger partial charge in [0, 0.05) is 38.7 Å². The van der Waals surface area contributed by atoms with Crippen molar-refractivity contribution >= 4 is 17.8 Å². The maximum atomic E-state index is 12.9. The van der Waals surface area contributed by atoms with Crippen LogP contribution >= 0.6 is 0 Å². The van der Waals surface area contributed by atoms with Gasteiger partial charge in [0.1, 0.15) is 11.5 Å². The molecule has 1 aliphatic heterocycles. The van der Waals surface area contributed by atoms with Gasteiger partial charge in [-0.05, 0) is 42.7 Å². The van der Waals surface area contributed by atoms with E-state index in [2.05, 4.69) is 13.8 Å². The Bertz CT molecular complexity index is 980. The smallest absolute Gasteiger partial charge is 0.308 e. The van der Waals surface area contributed by atoms with Gasteiger partial charge in [-0.3, -0.25) is 14.4 Å². The molecule has 0 spiro atoms. The van der Waals surface area contributed by atoms with Gasteiger partial charge in [0.2, 0.25) is 0 Å². The van der Waals surface area contributed by atoms with E-state index in [1.165, 1.54) is 6.92 Å². The second-order valence-electron chi connectivity index (χ2n) is 8.19.